The fraction of sp³-hybridized carbons (Fsp3) is 0.261. The smallest absolute Gasteiger partial charge is 0.504 e. The second-order valence-corrected chi connectivity index (χ2v) is 16.1. The van der Waals surface area contributed by atoms with Crippen molar-refractivity contribution >= 4 is 0 Å². The molecule has 4 heterocycles. The fourth-order valence-electron chi connectivity index (χ4n) is 7.25. The predicted molar refractivity (Wildman–Crippen MR) is 200 cm³/mol. The van der Waals surface area contributed by atoms with Crippen LogP contribution in [0.25, 0.3) is 22.5 Å². The average Bonchev–Trinajstić information content (AvgIpc) is 3.09. The molecular weight excluding hydrogens is 808 g/mol. The summed E-state index contributed by atoms with van der Waals surface area (Å²) in [5.74, 6) is 2.24. The maximum Gasteiger partial charge on any atom is 2.00 e. The van der Waals surface area contributed by atoms with Crippen molar-refractivity contribution in [2.75, 3.05) is 0 Å². The first kappa shape index (κ1) is 34.9. The van der Waals surface area contributed by atoms with Gasteiger partial charge in [-0.1, -0.05) is 89.6 Å². The summed E-state index contributed by atoms with van der Waals surface area (Å²) in [6.07, 6.45) is 0. The van der Waals surface area contributed by atoms with E-state index in [-0.39, 0.29) is 31.9 Å². The summed E-state index contributed by atoms with van der Waals surface area (Å²) in [7, 11) is 0. The van der Waals surface area contributed by atoms with Crippen molar-refractivity contribution in [1.29, 1.82) is 0 Å². The van der Waals surface area contributed by atoms with Gasteiger partial charge in [-0.05, 0) is 83.6 Å². The molecule has 8 bridgehead atoms. The van der Waals surface area contributed by atoms with E-state index in [9.17, 15) is 0 Å². The number of aromatic nitrogens is 2. The molecule has 0 atom stereocenters. The Morgan fingerprint density at radius 1 is 0.569 bits per heavy atom. The van der Waals surface area contributed by atoms with Crippen LogP contribution in [0.5, 0.6) is 17.2 Å². The Balaban J connectivity index is 0.00000406. The molecule has 0 saturated heterocycles. The molecule has 2 aliphatic heterocycles. The first-order valence-electron chi connectivity index (χ1n) is 17.4. The number of rotatable bonds is 0. The van der Waals surface area contributed by atoms with Gasteiger partial charge >= 0.3 is 21.1 Å². The van der Waals surface area contributed by atoms with Gasteiger partial charge in [0.2, 0.25) is 0 Å². The minimum Gasteiger partial charge on any atom is -0.504 e. The van der Waals surface area contributed by atoms with Crippen LogP contribution in [0.15, 0.2) is 109 Å². The predicted octanol–water partition coefficient (Wildman–Crippen LogP) is 11.1. The number of hydrogen-bond acceptors (Lipinski definition) is 4. The largest absolute Gasteiger partial charge is 2.00 e. The maximum atomic E-state index is 6.82. The minimum atomic E-state index is -0.928. The van der Waals surface area contributed by atoms with Gasteiger partial charge in [0, 0.05) is 16.9 Å². The molecule has 8 rings (SSSR count). The molecule has 4 aromatic carbocycles. The minimum absolute atomic E-state index is 0. The van der Waals surface area contributed by atoms with Gasteiger partial charge in [-0.3, -0.25) is 9.97 Å². The molecule has 0 amide bonds. The Morgan fingerprint density at radius 3 is 1.59 bits per heavy atom. The third-order valence-electron chi connectivity index (χ3n) is 10.1. The monoisotopic (exact) mass is 849 g/mol. The molecular formula is C46H42N2O2Pt. The van der Waals surface area contributed by atoms with Gasteiger partial charge < -0.3 is 9.47 Å². The van der Waals surface area contributed by atoms with Crippen LogP contribution in [0, 0.1) is 12.1 Å². The summed E-state index contributed by atoms with van der Waals surface area (Å²) >= 11 is 0. The summed E-state index contributed by atoms with van der Waals surface area (Å²) in [6.45, 7) is 17.6. The molecule has 0 aliphatic carbocycles. The van der Waals surface area contributed by atoms with Gasteiger partial charge in [0.1, 0.15) is 22.5 Å². The van der Waals surface area contributed by atoms with Crippen LogP contribution < -0.4 is 9.47 Å². The van der Waals surface area contributed by atoms with E-state index in [1.807, 2.05) is 18.2 Å². The zero-order chi connectivity index (χ0) is 35.1. The molecule has 2 aliphatic rings. The average molecular weight is 850 g/mol. The molecule has 0 saturated carbocycles. The van der Waals surface area contributed by atoms with Crippen molar-refractivity contribution in [2.24, 2.45) is 0 Å². The van der Waals surface area contributed by atoms with Crippen LogP contribution in [0.3, 0.4) is 0 Å². The Bertz CT molecular complexity index is 2230. The summed E-state index contributed by atoms with van der Waals surface area (Å²) in [5, 5.41) is 0. The maximum absolute atomic E-state index is 6.82. The molecule has 4 nitrogen and oxygen atoms in total. The van der Waals surface area contributed by atoms with Crippen molar-refractivity contribution in [3.8, 4) is 39.8 Å². The van der Waals surface area contributed by atoms with Crippen LogP contribution in [-0.4, -0.2) is 9.97 Å². The van der Waals surface area contributed by atoms with E-state index in [1.54, 1.807) is 0 Å². The molecule has 2 aromatic heterocycles. The zero-order valence-corrected chi connectivity index (χ0v) is 32.7. The molecule has 0 N–H and O–H groups in total. The SMILES string of the molecule is CC(C)(C)c1ccc2c(c1)C1(c3cccc(n3)-c3[c-]c(ccc3)OC(C)(C)c3[c-]c(ccc3)-c3cccc1n3)c1cc(C(C)(C)C)ccc1O2.[Pt+2]. The van der Waals surface area contributed by atoms with E-state index < -0.39 is 11.0 Å². The number of ether oxygens (including phenoxy) is 2. The van der Waals surface area contributed by atoms with Gasteiger partial charge in [0.25, 0.3) is 0 Å². The van der Waals surface area contributed by atoms with E-state index in [0.717, 1.165) is 62.1 Å². The molecule has 6 aromatic rings. The van der Waals surface area contributed by atoms with Gasteiger partial charge in [0.05, 0.1) is 11.4 Å². The summed E-state index contributed by atoms with van der Waals surface area (Å²) < 4.78 is 13.4. The van der Waals surface area contributed by atoms with Crippen LogP contribution in [-0.2, 0) is 42.9 Å². The van der Waals surface area contributed by atoms with E-state index in [4.69, 9.17) is 19.4 Å². The van der Waals surface area contributed by atoms with Crippen molar-refractivity contribution in [1.82, 2.24) is 9.97 Å². The second-order valence-electron chi connectivity index (χ2n) is 16.1. The first-order valence-corrected chi connectivity index (χ1v) is 17.4. The first-order chi connectivity index (χ1) is 23.7. The van der Waals surface area contributed by atoms with Crippen molar-refractivity contribution in [3.05, 3.63) is 161 Å². The molecule has 0 unspecified atom stereocenters. The Kier molecular flexibility index (Phi) is 8.42. The quantitative estimate of drug-likeness (QED) is 0.143. The van der Waals surface area contributed by atoms with Crippen LogP contribution in [0.2, 0.25) is 0 Å². The van der Waals surface area contributed by atoms with Crippen LogP contribution in [0.1, 0.15) is 94.6 Å². The topological polar surface area (TPSA) is 44.2 Å². The van der Waals surface area contributed by atoms with Gasteiger partial charge in [-0.15, -0.1) is 53.6 Å². The molecule has 0 radical (unpaired) electrons. The number of hydrogen-bond donors (Lipinski definition) is 0. The zero-order valence-electron chi connectivity index (χ0n) is 30.4. The van der Waals surface area contributed by atoms with Crippen LogP contribution >= 0.6 is 0 Å². The number of benzene rings is 4. The Hall–Kier alpha value is -4.53. The second kappa shape index (κ2) is 12.3. The third kappa shape index (κ3) is 5.92. The van der Waals surface area contributed by atoms with Crippen molar-refractivity contribution in [3.63, 3.8) is 0 Å². The van der Waals surface area contributed by atoms with Crippen LogP contribution in [0.4, 0.5) is 0 Å². The van der Waals surface area contributed by atoms with E-state index >= 15 is 0 Å². The summed E-state index contributed by atoms with van der Waals surface area (Å²) in [4.78, 5) is 11.1. The standard InChI is InChI=1S/C46H42N2O2.Pt/c1-43(2,3)31-21-23-39-35(27-31)46(36-28-32(44(4,5)6)22-24-40(36)49-39)41-19-11-17-37(47-41)29-13-9-15-33(25-29)45(7,8)50-34-16-10-14-30(26-34)38-18-12-20-42(46)48-38;/h9-24,27-28H,1-8H3;/q-2;+2. The van der Waals surface area contributed by atoms with E-state index in [1.165, 1.54) is 11.1 Å². The Labute approximate surface area is 316 Å². The molecule has 1 spiro atoms. The Morgan fingerprint density at radius 2 is 1.06 bits per heavy atom. The molecule has 0 fully saturated rings. The molecule has 51 heavy (non-hydrogen) atoms. The van der Waals surface area contributed by atoms with E-state index in [2.05, 4.69) is 159 Å². The van der Waals surface area contributed by atoms with Crippen molar-refractivity contribution < 1.29 is 30.5 Å². The summed E-state index contributed by atoms with van der Waals surface area (Å²) in [5.41, 5.74) is 8.65. The molecule has 5 heteroatoms. The number of pyridine rings is 2. The third-order valence-corrected chi connectivity index (χ3v) is 10.1. The normalized spacial score (nSPS) is 15.1. The van der Waals surface area contributed by atoms with E-state index in [0.29, 0.717) is 5.75 Å². The van der Waals surface area contributed by atoms with Gasteiger partial charge in [-0.2, -0.15) is 0 Å². The fourth-order valence-corrected chi connectivity index (χ4v) is 7.25. The number of nitrogens with zero attached hydrogens (tertiary/aromatic N) is 2. The van der Waals surface area contributed by atoms with Gasteiger partial charge in [0.15, 0.2) is 0 Å². The molecule has 258 valence electrons. The van der Waals surface area contributed by atoms with Crippen molar-refractivity contribution in [2.45, 2.75) is 77.2 Å². The van der Waals surface area contributed by atoms with Gasteiger partial charge in [-0.25, -0.2) is 0 Å². The summed E-state index contributed by atoms with van der Waals surface area (Å²) in [6, 6.07) is 45.3. The number of fused-ring (bicyclic) bond motifs is 16.